The van der Waals surface area contributed by atoms with Crippen LogP contribution in [0.15, 0.2) is 24.3 Å². The summed E-state index contributed by atoms with van der Waals surface area (Å²) in [6.07, 6.45) is 3.09. The maximum atomic E-state index is 12.2. The van der Waals surface area contributed by atoms with Crippen molar-refractivity contribution in [2.24, 2.45) is 5.92 Å². The molecule has 1 aliphatic carbocycles. The van der Waals surface area contributed by atoms with Crippen LogP contribution in [0.4, 0.5) is 0 Å². The Kier molecular flexibility index (Phi) is 3.47. The molecule has 3 rings (SSSR count). The van der Waals surface area contributed by atoms with E-state index >= 15 is 0 Å². The van der Waals surface area contributed by atoms with E-state index in [-0.39, 0.29) is 23.7 Å². The standard InChI is InChI=1S/C16H19NO3/c1-20-13-7-5-11(6-8-13)10-17-15(19)9-12-3-2-4-14(18)16(12)17/h5-8,12,16H,2-4,9-10H2,1H3/t12-,16+/m0/s1. The highest BCUT2D eigenvalue weighted by atomic mass is 16.5. The largest absolute Gasteiger partial charge is 0.497 e. The van der Waals surface area contributed by atoms with Gasteiger partial charge in [0.25, 0.3) is 0 Å². The van der Waals surface area contributed by atoms with Gasteiger partial charge in [0, 0.05) is 19.4 Å². The Labute approximate surface area is 118 Å². The molecule has 1 amide bonds. The van der Waals surface area contributed by atoms with Crippen LogP contribution in [0.5, 0.6) is 5.75 Å². The first-order chi connectivity index (χ1) is 9.69. The summed E-state index contributed by atoms with van der Waals surface area (Å²) in [6, 6.07) is 7.49. The number of rotatable bonds is 3. The zero-order valence-corrected chi connectivity index (χ0v) is 11.7. The van der Waals surface area contributed by atoms with Crippen LogP contribution < -0.4 is 4.74 Å². The fraction of sp³-hybridized carbons (Fsp3) is 0.500. The molecule has 1 heterocycles. The number of ether oxygens (including phenoxy) is 1. The van der Waals surface area contributed by atoms with Gasteiger partial charge in [0.1, 0.15) is 5.75 Å². The van der Waals surface area contributed by atoms with Crippen LogP contribution in [0.1, 0.15) is 31.2 Å². The molecule has 0 radical (unpaired) electrons. The smallest absolute Gasteiger partial charge is 0.223 e. The summed E-state index contributed by atoms with van der Waals surface area (Å²) in [5, 5.41) is 0. The molecule has 0 bridgehead atoms. The Morgan fingerprint density at radius 2 is 2.00 bits per heavy atom. The number of amides is 1. The van der Waals surface area contributed by atoms with Crippen molar-refractivity contribution >= 4 is 11.7 Å². The number of carbonyl (C=O) groups excluding carboxylic acids is 2. The second kappa shape index (κ2) is 5.27. The summed E-state index contributed by atoms with van der Waals surface area (Å²) in [6.45, 7) is 0.524. The minimum absolute atomic E-state index is 0.117. The first kappa shape index (κ1) is 13.2. The highest BCUT2D eigenvalue weighted by Gasteiger charge is 2.45. The van der Waals surface area contributed by atoms with Crippen molar-refractivity contribution in [3.63, 3.8) is 0 Å². The van der Waals surface area contributed by atoms with E-state index in [4.69, 9.17) is 4.74 Å². The number of methoxy groups -OCH3 is 1. The summed E-state index contributed by atoms with van der Waals surface area (Å²) in [5.74, 6) is 1.39. The monoisotopic (exact) mass is 273 g/mol. The summed E-state index contributed by atoms with van der Waals surface area (Å²) >= 11 is 0. The van der Waals surface area contributed by atoms with E-state index in [1.54, 1.807) is 12.0 Å². The molecular weight excluding hydrogens is 254 g/mol. The van der Waals surface area contributed by atoms with E-state index in [1.165, 1.54) is 0 Å². The molecule has 1 aromatic rings. The molecule has 4 heteroatoms. The molecule has 0 N–H and O–H groups in total. The molecule has 0 spiro atoms. The van der Waals surface area contributed by atoms with E-state index in [0.717, 1.165) is 24.2 Å². The summed E-state index contributed by atoms with van der Waals surface area (Å²) in [4.78, 5) is 26.0. The Hall–Kier alpha value is -1.84. The SMILES string of the molecule is COc1ccc(CN2C(=O)C[C@@H]3CCCC(=O)[C@@H]32)cc1. The van der Waals surface area contributed by atoms with Crippen LogP contribution in [0.3, 0.4) is 0 Å². The van der Waals surface area contributed by atoms with Crippen molar-refractivity contribution in [2.45, 2.75) is 38.3 Å². The Balaban J connectivity index is 1.77. The van der Waals surface area contributed by atoms with Crippen molar-refractivity contribution in [3.05, 3.63) is 29.8 Å². The van der Waals surface area contributed by atoms with Crippen molar-refractivity contribution in [1.29, 1.82) is 0 Å². The molecule has 1 saturated heterocycles. The van der Waals surface area contributed by atoms with Gasteiger partial charge >= 0.3 is 0 Å². The minimum Gasteiger partial charge on any atom is -0.497 e. The Morgan fingerprint density at radius 3 is 2.70 bits per heavy atom. The summed E-state index contributed by atoms with van der Waals surface area (Å²) in [7, 11) is 1.63. The normalized spacial score (nSPS) is 25.8. The third kappa shape index (κ3) is 2.30. The number of nitrogens with zero attached hydrogens (tertiary/aromatic N) is 1. The van der Waals surface area contributed by atoms with Crippen molar-refractivity contribution in [1.82, 2.24) is 4.90 Å². The third-order valence-corrected chi connectivity index (χ3v) is 4.38. The predicted molar refractivity (Wildman–Crippen MR) is 74.3 cm³/mol. The van der Waals surface area contributed by atoms with Gasteiger partial charge in [-0.25, -0.2) is 0 Å². The topological polar surface area (TPSA) is 46.6 Å². The van der Waals surface area contributed by atoms with Crippen molar-refractivity contribution in [2.75, 3.05) is 7.11 Å². The van der Waals surface area contributed by atoms with Crippen LogP contribution in [0, 0.1) is 5.92 Å². The Morgan fingerprint density at radius 1 is 1.25 bits per heavy atom. The minimum atomic E-state index is -0.182. The van der Waals surface area contributed by atoms with Crippen LogP contribution in [-0.4, -0.2) is 29.7 Å². The van der Waals surface area contributed by atoms with E-state index in [1.807, 2.05) is 24.3 Å². The number of hydrogen-bond donors (Lipinski definition) is 0. The lowest BCUT2D eigenvalue weighted by atomic mass is 9.84. The van der Waals surface area contributed by atoms with Crippen molar-refractivity contribution in [3.8, 4) is 5.75 Å². The third-order valence-electron chi connectivity index (χ3n) is 4.38. The van der Waals surface area contributed by atoms with E-state index in [9.17, 15) is 9.59 Å². The Bertz CT molecular complexity index is 523. The second-order valence-electron chi connectivity index (χ2n) is 5.64. The molecule has 1 aliphatic heterocycles. The fourth-order valence-corrected chi connectivity index (χ4v) is 3.36. The molecule has 2 fully saturated rings. The number of ketones is 1. The second-order valence-corrected chi connectivity index (χ2v) is 5.64. The van der Waals surface area contributed by atoms with Gasteiger partial charge in [-0.3, -0.25) is 9.59 Å². The first-order valence-corrected chi connectivity index (χ1v) is 7.14. The fourth-order valence-electron chi connectivity index (χ4n) is 3.36. The van der Waals surface area contributed by atoms with Gasteiger partial charge in [0.2, 0.25) is 5.91 Å². The lowest BCUT2D eigenvalue weighted by molar-refractivity contribution is -0.135. The van der Waals surface area contributed by atoms with Gasteiger partial charge in [-0.05, 0) is 36.5 Å². The highest BCUT2D eigenvalue weighted by Crippen LogP contribution is 2.36. The number of fused-ring (bicyclic) bond motifs is 1. The van der Waals surface area contributed by atoms with Gasteiger partial charge in [0.05, 0.1) is 13.2 Å². The van der Waals surface area contributed by atoms with Crippen LogP contribution in [-0.2, 0) is 16.1 Å². The number of likely N-dealkylation sites (tertiary alicyclic amines) is 1. The first-order valence-electron chi connectivity index (χ1n) is 7.14. The van der Waals surface area contributed by atoms with Gasteiger partial charge in [0.15, 0.2) is 5.78 Å². The van der Waals surface area contributed by atoms with Gasteiger partial charge in [-0.1, -0.05) is 12.1 Å². The van der Waals surface area contributed by atoms with Gasteiger partial charge in [-0.2, -0.15) is 0 Å². The molecule has 0 aromatic heterocycles. The van der Waals surface area contributed by atoms with E-state index in [0.29, 0.717) is 19.4 Å². The zero-order valence-electron chi connectivity index (χ0n) is 11.7. The van der Waals surface area contributed by atoms with Gasteiger partial charge in [-0.15, -0.1) is 0 Å². The lowest BCUT2D eigenvalue weighted by Crippen LogP contribution is -2.42. The summed E-state index contributed by atoms with van der Waals surface area (Å²) in [5.41, 5.74) is 1.04. The van der Waals surface area contributed by atoms with E-state index in [2.05, 4.69) is 0 Å². The quantitative estimate of drug-likeness (QED) is 0.848. The average Bonchev–Trinajstić information content (AvgIpc) is 2.77. The number of benzene rings is 1. The maximum Gasteiger partial charge on any atom is 0.223 e. The highest BCUT2D eigenvalue weighted by molar-refractivity contribution is 5.93. The van der Waals surface area contributed by atoms with Crippen LogP contribution in [0.2, 0.25) is 0 Å². The number of hydrogen-bond acceptors (Lipinski definition) is 3. The molecule has 2 aliphatic rings. The van der Waals surface area contributed by atoms with E-state index < -0.39 is 0 Å². The lowest BCUT2D eigenvalue weighted by Gasteiger charge is -2.30. The molecule has 2 atom stereocenters. The van der Waals surface area contributed by atoms with Crippen molar-refractivity contribution < 1.29 is 14.3 Å². The number of Topliss-reactive ketones (excluding diaryl/α,β-unsaturated/α-hetero) is 1. The molecular formula is C16H19NO3. The van der Waals surface area contributed by atoms with Crippen LogP contribution in [0.25, 0.3) is 0 Å². The zero-order chi connectivity index (χ0) is 14.1. The maximum absolute atomic E-state index is 12.2. The van der Waals surface area contributed by atoms with Crippen LogP contribution >= 0.6 is 0 Å². The van der Waals surface area contributed by atoms with Gasteiger partial charge < -0.3 is 9.64 Å². The predicted octanol–water partition coefficient (Wildman–Crippen LogP) is 2.17. The molecule has 20 heavy (non-hydrogen) atoms. The molecule has 106 valence electrons. The molecule has 4 nitrogen and oxygen atoms in total. The summed E-state index contributed by atoms with van der Waals surface area (Å²) < 4.78 is 5.13. The number of carbonyl (C=O) groups is 2. The molecule has 1 aromatic carbocycles. The average molecular weight is 273 g/mol. The molecule has 1 saturated carbocycles. The molecule has 0 unspecified atom stereocenters.